The molecule has 0 bridgehead atoms. The maximum Gasteiger partial charge on any atom is 0.335 e. The molecular weight excluding hydrogens is 438 g/mol. The molecule has 2 aromatic carbocycles. The lowest BCUT2D eigenvalue weighted by Crippen LogP contribution is -2.39. The van der Waals surface area contributed by atoms with Crippen molar-refractivity contribution < 1.29 is 29.1 Å². The van der Waals surface area contributed by atoms with Gasteiger partial charge in [-0.1, -0.05) is 24.3 Å². The van der Waals surface area contributed by atoms with Gasteiger partial charge in [-0.3, -0.25) is 0 Å². The molecule has 0 saturated carbocycles. The minimum Gasteiger partial charge on any atom is -0.478 e. The highest BCUT2D eigenvalue weighted by Crippen LogP contribution is 2.26. The Morgan fingerprint density at radius 1 is 1.03 bits per heavy atom. The summed E-state index contributed by atoms with van der Waals surface area (Å²) in [6.07, 6.45) is 0.529. The highest BCUT2D eigenvalue weighted by atomic mass is 16.4. The zero-order valence-electron chi connectivity index (χ0n) is 17.7. The first-order valence-electron chi connectivity index (χ1n) is 10.3. The summed E-state index contributed by atoms with van der Waals surface area (Å²) in [4.78, 5) is 57.9. The summed E-state index contributed by atoms with van der Waals surface area (Å²) in [5.41, 5.74) is 1.53. The van der Waals surface area contributed by atoms with E-state index in [0.29, 0.717) is 22.0 Å². The minimum absolute atomic E-state index is 0.00284. The summed E-state index contributed by atoms with van der Waals surface area (Å²) < 4.78 is 1.40. The Hall–Kier alpha value is -4.89. The second kappa shape index (κ2) is 9.31. The van der Waals surface area contributed by atoms with Crippen molar-refractivity contribution >= 4 is 46.2 Å². The van der Waals surface area contributed by atoms with Crippen molar-refractivity contribution in [2.24, 2.45) is 0 Å². The van der Waals surface area contributed by atoms with Crippen LogP contribution < -0.4 is 21.3 Å². The molecule has 0 spiro atoms. The Morgan fingerprint density at radius 2 is 1.79 bits per heavy atom. The lowest BCUT2D eigenvalue weighted by atomic mass is 10.0. The number of nitrogens with one attached hydrogen (secondary N) is 2. The van der Waals surface area contributed by atoms with Gasteiger partial charge in [-0.25, -0.2) is 24.0 Å². The van der Waals surface area contributed by atoms with Crippen LogP contribution in [-0.2, 0) is 25.7 Å². The van der Waals surface area contributed by atoms with Gasteiger partial charge in [-0.05, 0) is 30.2 Å². The number of carbonyl (C=O) groups is 1. The van der Waals surface area contributed by atoms with E-state index >= 15 is 0 Å². The number of hydrogen-bond acceptors (Lipinski definition) is 7. The van der Waals surface area contributed by atoms with Gasteiger partial charge in [0.1, 0.15) is 34.0 Å². The fraction of sp³-hybridized carbons (Fsp3) is 0.160. The lowest BCUT2D eigenvalue weighted by Gasteiger charge is -2.25. The topological polar surface area (TPSA) is 135 Å². The number of aromatic nitrogens is 1. The molecule has 168 valence electrons. The predicted molar refractivity (Wildman–Crippen MR) is 121 cm³/mol. The van der Waals surface area contributed by atoms with E-state index in [2.05, 4.69) is 10.6 Å². The van der Waals surface area contributed by atoms with Gasteiger partial charge in [0.2, 0.25) is 0 Å². The van der Waals surface area contributed by atoms with E-state index < -0.39 is 12.0 Å². The number of carboxylic acid groups (broad SMARTS) is 1. The van der Waals surface area contributed by atoms with Crippen LogP contribution in [0.3, 0.4) is 0 Å². The smallest absolute Gasteiger partial charge is 0.335 e. The molecule has 2 heterocycles. The number of hydrogen-bond donors (Lipinski definition) is 3. The molecule has 1 fully saturated rings. The molecule has 0 amide bonds. The summed E-state index contributed by atoms with van der Waals surface area (Å²) in [6, 6.07) is 10.7. The van der Waals surface area contributed by atoms with E-state index in [1.165, 1.54) is 16.7 Å². The van der Waals surface area contributed by atoms with E-state index in [-0.39, 0.29) is 47.0 Å². The van der Waals surface area contributed by atoms with Crippen LogP contribution in [0.5, 0.6) is 0 Å². The van der Waals surface area contributed by atoms with Crippen LogP contribution in [0.1, 0.15) is 34.8 Å². The number of anilines is 1. The van der Waals surface area contributed by atoms with Gasteiger partial charge in [0.05, 0.1) is 11.6 Å². The van der Waals surface area contributed by atoms with Gasteiger partial charge in [0.25, 0.3) is 0 Å². The van der Waals surface area contributed by atoms with Gasteiger partial charge in [-0.2, -0.15) is 0 Å². The number of nitrogens with zero attached hydrogens (tertiary/aromatic N) is 1. The summed E-state index contributed by atoms with van der Waals surface area (Å²) in [6.45, 7) is 0.217. The first-order chi connectivity index (χ1) is 16.5. The summed E-state index contributed by atoms with van der Waals surface area (Å²) in [7, 11) is 0. The second-order valence-corrected chi connectivity index (χ2v) is 7.63. The number of carbonyl (C=O) groups excluding carboxylic acids is 4. The Labute approximate surface area is 192 Å². The van der Waals surface area contributed by atoms with E-state index in [9.17, 15) is 29.1 Å². The molecule has 9 nitrogen and oxygen atoms in total. The average molecular weight is 455 g/mol. The lowest BCUT2D eigenvalue weighted by molar-refractivity contribution is 0.0697. The number of allylic oxidation sites excluding steroid dienone is 2. The van der Waals surface area contributed by atoms with Crippen LogP contribution in [-0.4, -0.2) is 39.4 Å². The molecular formula is C25H17N3O6. The van der Waals surface area contributed by atoms with Crippen LogP contribution in [0.25, 0.3) is 10.8 Å². The van der Waals surface area contributed by atoms with Crippen LogP contribution >= 0.6 is 0 Å². The Kier molecular flexibility index (Phi) is 6.11. The monoisotopic (exact) mass is 455 g/mol. The molecule has 3 N–H and O–H groups in total. The third-order valence-corrected chi connectivity index (χ3v) is 5.74. The summed E-state index contributed by atoms with van der Waals surface area (Å²) in [5, 5.41) is 16.0. The van der Waals surface area contributed by atoms with E-state index in [4.69, 9.17) is 0 Å². The van der Waals surface area contributed by atoms with E-state index in [1.54, 1.807) is 42.2 Å². The fourth-order valence-corrected chi connectivity index (χ4v) is 4.22. The maximum atomic E-state index is 12.1. The standard InChI is InChI=1S/C25H17N3O6/c29-11-18-7-8-21(20(12-30)27-18)28-22(13-31)19-6-2-4-16(24(19)23(28)14-32)10-26-17-5-1-3-15(9-17)25(33)34/h1-6,9,21,26-27H,7-8,10H2,(H,33,34). The zero-order chi connectivity index (χ0) is 24.2. The van der Waals surface area contributed by atoms with Crippen molar-refractivity contribution in [1.29, 1.82) is 0 Å². The largest absolute Gasteiger partial charge is 0.478 e. The molecule has 1 aromatic heterocycles. The molecule has 1 atom stereocenters. The number of fused-ring (bicyclic) bond motifs is 1. The molecule has 4 rings (SSSR count). The van der Waals surface area contributed by atoms with Crippen molar-refractivity contribution in [3.63, 3.8) is 0 Å². The number of aromatic carboxylic acids is 1. The zero-order valence-corrected chi connectivity index (χ0v) is 17.7. The predicted octanol–water partition coefficient (Wildman–Crippen LogP) is 0.314. The second-order valence-electron chi connectivity index (χ2n) is 7.63. The normalized spacial score (nSPS) is 15.0. The number of piperidine rings is 1. The van der Waals surface area contributed by atoms with Gasteiger partial charge < -0.3 is 20.3 Å². The molecule has 9 heteroatoms. The molecule has 1 saturated heterocycles. The van der Waals surface area contributed by atoms with Crippen molar-refractivity contribution in [3.05, 3.63) is 75.7 Å². The van der Waals surface area contributed by atoms with Crippen LogP contribution in [0.4, 0.5) is 5.69 Å². The van der Waals surface area contributed by atoms with Gasteiger partial charge >= 0.3 is 5.97 Å². The van der Waals surface area contributed by atoms with Crippen molar-refractivity contribution in [2.45, 2.75) is 25.4 Å². The highest BCUT2D eigenvalue weighted by Gasteiger charge is 2.28. The van der Waals surface area contributed by atoms with Gasteiger partial charge in [-0.15, -0.1) is 0 Å². The Bertz CT molecular complexity index is 1600. The van der Waals surface area contributed by atoms with Crippen molar-refractivity contribution in [3.8, 4) is 0 Å². The van der Waals surface area contributed by atoms with Crippen molar-refractivity contribution in [2.75, 3.05) is 5.32 Å². The summed E-state index contributed by atoms with van der Waals surface area (Å²) >= 11 is 0. The number of rotatable bonds is 5. The number of carboxylic acids is 1. The molecule has 0 radical (unpaired) electrons. The molecule has 1 aliphatic rings. The molecule has 1 unspecified atom stereocenters. The SMILES string of the molecule is O=C=C1CCC(n2c(=C=O)c3cccc(CNc4cccc(C(=O)O)c4)c3c2=C=O)C(=C=O)N1. The summed E-state index contributed by atoms with van der Waals surface area (Å²) in [5.74, 6) is 6.19. The molecule has 1 aliphatic heterocycles. The minimum atomic E-state index is -1.06. The maximum absolute atomic E-state index is 12.1. The van der Waals surface area contributed by atoms with Crippen LogP contribution in [0.15, 0.2) is 53.9 Å². The molecule has 0 aliphatic carbocycles. The quantitative estimate of drug-likeness (QED) is 0.468. The van der Waals surface area contributed by atoms with E-state index in [0.717, 1.165) is 0 Å². The van der Waals surface area contributed by atoms with Gasteiger partial charge in [0.15, 0.2) is 11.9 Å². The Morgan fingerprint density at radius 3 is 2.47 bits per heavy atom. The van der Waals surface area contributed by atoms with Crippen molar-refractivity contribution in [1.82, 2.24) is 9.88 Å². The van der Waals surface area contributed by atoms with Crippen LogP contribution in [0, 0.1) is 0 Å². The van der Waals surface area contributed by atoms with Crippen LogP contribution in [0.2, 0.25) is 0 Å². The molecule has 3 aromatic rings. The van der Waals surface area contributed by atoms with E-state index in [1.807, 2.05) is 11.9 Å². The third kappa shape index (κ3) is 3.87. The number of benzene rings is 2. The fourth-order valence-electron chi connectivity index (χ4n) is 4.22. The Balaban J connectivity index is 1.84. The highest BCUT2D eigenvalue weighted by molar-refractivity contribution is 5.91. The van der Waals surface area contributed by atoms with Gasteiger partial charge in [0, 0.05) is 29.4 Å². The third-order valence-electron chi connectivity index (χ3n) is 5.74. The first kappa shape index (κ1) is 22.3. The average Bonchev–Trinajstić information content (AvgIpc) is 3.20. The first-order valence-corrected chi connectivity index (χ1v) is 10.3. The molecule has 34 heavy (non-hydrogen) atoms.